The van der Waals surface area contributed by atoms with Crippen LogP contribution in [0.15, 0.2) is 59.6 Å². The summed E-state index contributed by atoms with van der Waals surface area (Å²) in [7, 11) is 0. The largest absolute Gasteiger partial charge is 0.507 e. The van der Waals surface area contributed by atoms with Crippen molar-refractivity contribution in [1.82, 2.24) is 0 Å². The predicted molar refractivity (Wildman–Crippen MR) is 76.7 cm³/mol. The first-order valence-corrected chi connectivity index (χ1v) is 6.25. The van der Waals surface area contributed by atoms with Crippen molar-refractivity contribution in [1.29, 1.82) is 0 Å². The minimum atomic E-state index is -0.510. The Hall–Kier alpha value is -2.13. The lowest BCUT2D eigenvalue weighted by atomic mass is 10.0. The van der Waals surface area contributed by atoms with E-state index in [-0.39, 0.29) is 5.75 Å². The summed E-state index contributed by atoms with van der Waals surface area (Å²) in [6.07, 6.45) is -0.510. The monoisotopic (exact) mass is 255 g/mol. The van der Waals surface area contributed by atoms with Crippen LogP contribution in [0.2, 0.25) is 0 Å². The van der Waals surface area contributed by atoms with Crippen LogP contribution in [0.5, 0.6) is 5.75 Å². The lowest BCUT2D eigenvalue weighted by Gasteiger charge is -2.10. The number of para-hydroxylation sites is 1. The number of aliphatic hydroxyl groups is 1. The molecule has 98 valence electrons. The average Bonchev–Trinajstić information content (AvgIpc) is 2.42. The van der Waals surface area contributed by atoms with Gasteiger partial charge in [-0.1, -0.05) is 42.5 Å². The van der Waals surface area contributed by atoms with Crippen molar-refractivity contribution in [2.24, 2.45) is 4.99 Å². The third-order valence-electron chi connectivity index (χ3n) is 2.72. The van der Waals surface area contributed by atoms with Crippen molar-refractivity contribution < 1.29 is 10.2 Å². The number of benzene rings is 2. The van der Waals surface area contributed by atoms with Crippen molar-refractivity contribution in [3.8, 4) is 5.75 Å². The predicted octanol–water partition coefficient (Wildman–Crippen LogP) is 2.61. The van der Waals surface area contributed by atoms with E-state index in [4.69, 9.17) is 0 Å². The molecule has 0 unspecified atom stereocenters. The highest BCUT2D eigenvalue weighted by molar-refractivity contribution is 6.14. The summed E-state index contributed by atoms with van der Waals surface area (Å²) in [6.45, 7) is 2.00. The van der Waals surface area contributed by atoms with Gasteiger partial charge in [0.25, 0.3) is 0 Å². The summed E-state index contributed by atoms with van der Waals surface area (Å²) in [6, 6.07) is 16.7. The Balaban J connectivity index is 2.47. The zero-order valence-corrected chi connectivity index (χ0v) is 10.8. The van der Waals surface area contributed by atoms with E-state index in [1.54, 1.807) is 19.1 Å². The summed E-state index contributed by atoms with van der Waals surface area (Å²) in [4.78, 5) is 4.43. The Bertz CT molecular complexity index is 562. The lowest BCUT2D eigenvalue weighted by molar-refractivity contribution is 0.204. The quantitative estimate of drug-likeness (QED) is 0.825. The molecule has 2 aromatic rings. The van der Waals surface area contributed by atoms with Gasteiger partial charge in [-0.3, -0.25) is 4.99 Å². The summed E-state index contributed by atoms with van der Waals surface area (Å²) in [5.41, 5.74) is 2.29. The Kier molecular flexibility index (Phi) is 4.31. The number of phenolic OH excluding ortho intramolecular Hbond substituents is 1. The van der Waals surface area contributed by atoms with Crippen molar-refractivity contribution in [2.75, 3.05) is 6.54 Å². The van der Waals surface area contributed by atoms with E-state index in [0.29, 0.717) is 17.8 Å². The fraction of sp³-hybridized carbons (Fsp3) is 0.188. The van der Waals surface area contributed by atoms with Gasteiger partial charge in [0.1, 0.15) is 5.75 Å². The van der Waals surface area contributed by atoms with Gasteiger partial charge in [-0.2, -0.15) is 0 Å². The molecule has 0 saturated heterocycles. The zero-order valence-electron chi connectivity index (χ0n) is 10.8. The molecule has 2 aromatic carbocycles. The number of aliphatic hydroxyl groups excluding tert-OH is 1. The number of rotatable bonds is 4. The molecular formula is C16H17NO2. The zero-order chi connectivity index (χ0) is 13.7. The van der Waals surface area contributed by atoms with Crippen LogP contribution in [-0.4, -0.2) is 28.6 Å². The molecule has 0 aliphatic carbocycles. The lowest BCUT2D eigenvalue weighted by Crippen LogP contribution is -2.10. The smallest absolute Gasteiger partial charge is 0.124 e. The van der Waals surface area contributed by atoms with Crippen LogP contribution >= 0.6 is 0 Å². The number of aliphatic imine (C=N–C) groups is 1. The van der Waals surface area contributed by atoms with Crippen molar-refractivity contribution in [3.05, 3.63) is 65.7 Å². The van der Waals surface area contributed by atoms with Gasteiger partial charge in [-0.15, -0.1) is 0 Å². The maximum absolute atomic E-state index is 9.96. The first-order valence-electron chi connectivity index (χ1n) is 6.25. The molecule has 0 heterocycles. The number of nitrogens with zero attached hydrogens (tertiary/aromatic N) is 1. The van der Waals surface area contributed by atoms with Gasteiger partial charge in [-0.25, -0.2) is 0 Å². The SMILES string of the molecule is C[C@@H](O)CN=C(c1ccccc1)c1ccccc1O. The minimum absolute atomic E-state index is 0.190. The van der Waals surface area contributed by atoms with E-state index < -0.39 is 6.10 Å². The summed E-state index contributed by atoms with van der Waals surface area (Å²) < 4.78 is 0. The molecule has 1 atom stereocenters. The molecule has 0 bridgehead atoms. The van der Waals surface area contributed by atoms with Gasteiger partial charge >= 0.3 is 0 Å². The first kappa shape index (κ1) is 13.3. The minimum Gasteiger partial charge on any atom is -0.507 e. The molecule has 3 heteroatoms. The molecule has 0 aromatic heterocycles. The van der Waals surface area contributed by atoms with Gasteiger partial charge in [0, 0.05) is 11.1 Å². The molecule has 3 nitrogen and oxygen atoms in total. The van der Waals surface area contributed by atoms with Crippen LogP contribution < -0.4 is 0 Å². The highest BCUT2D eigenvalue weighted by atomic mass is 16.3. The molecule has 2 N–H and O–H groups in total. The standard InChI is InChI=1S/C16H17NO2/c1-12(18)11-17-16(13-7-3-2-4-8-13)14-9-5-6-10-15(14)19/h2-10,12,18-19H,11H2,1H3/t12-/m1/s1. The third-order valence-corrected chi connectivity index (χ3v) is 2.72. The van der Waals surface area contributed by atoms with Gasteiger partial charge in [0.15, 0.2) is 0 Å². The van der Waals surface area contributed by atoms with E-state index in [2.05, 4.69) is 4.99 Å². The fourth-order valence-corrected chi connectivity index (χ4v) is 1.83. The second-order valence-electron chi connectivity index (χ2n) is 4.42. The normalized spacial score (nSPS) is 13.3. The molecule has 2 rings (SSSR count). The van der Waals surface area contributed by atoms with Gasteiger partial charge < -0.3 is 10.2 Å². The molecule has 0 amide bonds. The molecule has 0 aliphatic heterocycles. The Morgan fingerprint density at radius 2 is 1.68 bits per heavy atom. The molecule has 0 saturated carbocycles. The highest BCUT2D eigenvalue weighted by Crippen LogP contribution is 2.20. The maximum Gasteiger partial charge on any atom is 0.124 e. The van der Waals surface area contributed by atoms with E-state index in [9.17, 15) is 10.2 Å². The molecule has 0 fully saturated rings. The van der Waals surface area contributed by atoms with Crippen molar-refractivity contribution >= 4 is 5.71 Å². The summed E-state index contributed by atoms with van der Waals surface area (Å²) >= 11 is 0. The van der Waals surface area contributed by atoms with E-state index >= 15 is 0 Å². The Labute approximate surface area is 112 Å². The number of aromatic hydroxyl groups is 1. The van der Waals surface area contributed by atoms with Crippen LogP contribution in [-0.2, 0) is 0 Å². The van der Waals surface area contributed by atoms with E-state index in [1.165, 1.54) is 0 Å². The van der Waals surface area contributed by atoms with Crippen LogP contribution in [0.4, 0.5) is 0 Å². The Morgan fingerprint density at radius 3 is 2.32 bits per heavy atom. The van der Waals surface area contributed by atoms with Crippen LogP contribution in [0, 0.1) is 0 Å². The molecule has 0 spiro atoms. The number of hydrogen-bond donors (Lipinski definition) is 2. The topological polar surface area (TPSA) is 52.8 Å². The van der Waals surface area contributed by atoms with Gasteiger partial charge in [-0.05, 0) is 19.1 Å². The summed E-state index contributed by atoms with van der Waals surface area (Å²) in [5.74, 6) is 0.190. The molecule has 19 heavy (non-hydrogen) atoms. The van der Waals surface area contributed by atoms with Gasteiger partial charge in [0.2, 0.25) is 0 Å². The van der Waals surface area contributed by atoms with Crippen LogP contribution in [0.3, 0.4) is 0 Å². The van der Waals surface area contributed by atoms with Crippen LogP contribution in [0.25, 0.3) is 0 Å². The molecular weight excluding hydrogens is 238 g/mol. The maximum atomic E-state index is 9.96. The first-order chi connectivity index (χ1) is 9.18. The van der Waals surface area contributed by atoms with E-state index in [1.807, 2.05) is 42.5 Å². The van der Waals surface area contributed by atoms with Crippen LogP contribution in [0.1, 0.15) is 18.1 Å². The Morgan fingerprint density at radius 1 is 1.05 bits per heavy atom. The highest BCUT2D eigenvalue weighted by Gasteiger charge is 2.10. The van der Waals surface area contributed by atoms with E-state index in [0.717, 1.165) is 5.56 Å². The second kappa shape index (κ2) is 6.16. The summed E-state index contributed by atoms with van der Waals surface area (Å²) in [5, 5.41) is 19.4. The number of hydrogen-bond acceptors (Lipinski definition) is 3. The molecule has 0 aliphatic rings. The number of phenols is 1. The van der Waals surface area contributed by atoms with Crippen molar-refractivity contribution in [3.63, 3.8) is 0 Å². The second-order valence-corrected chi connectivity index (χ2v) is 4.42. The average molecular weight is 255 g/mol. The fourth-order valence-electron chi connectivity index (χ4n) is 1.83. The third kappa shape index (κ3) is 3.42. The van der Waals surface area contributed by atoms with Gasteiger partial charge in [0.05, 0.1) is 18.4 Å². The van der Waals surface area contributed by atoms with Crippen molar-refractivity contribution in [2.45, 2.75) is 13.0 Å². The molecule has 0 radical (unpaired) electrons.